The lowest BCUT2D eigenvalue weighted by atomic mass is 10.2. The summed E-state index contributed by atoms with van der Waals surface area (Å²) in [5.41, 5.74) is 0. The van der Waals surface area contributed by atoms with Crippen molar-refractivity contribution in [2.45, 2.75) is 19.9 Å². The first-order valence-corrected chi connectivity index (χ1v) is 4.68. The first kappa shape index (κ1) is 9.68. The number of carbonyl (C=O) groups is 1. The molecule has 12 heavy (non-hydrogen) atoms. The van der Waals surface area contributed by atoms with Crippen LogP contribution in [0.25, 0.3) is 0 Å². The van der Waals surface area contributed by atoms with Crippen molar-refractivity contribution in [3.63, 3.8) is 0 Å². The molecular formula is C9H18N2O. The van der Waals surface area contributed by atoms with E-state index in [4.69, 9.17) is 0 Å². The van der Waals surface area contributed by atoms with Gasteiger partial charge in [0.25, 0.3) is 0 Å². The van der Waals surface area contributed by atoms with Gasteiger partial charge in [0.05, 0.1) is 6.54 Å². The van der Waals surface area contributed by atoms with Gasteiger partial charge in [0.15, 0.2) is 0 Å². The van der Waals surface area contributed by atoms with Crippen LogP contribution >= 0.6 is 0 Å². The van der Waals surface area contributed by atoms with Crippen LogP contribution in [0.2, 0.25) is 0 Å². The fourth-order valence-electron chi connectivity index (χ4n) is 1.72. The highest BCUT2D eigenvalue weighted by Gasteiger charge is 2.21. The Kier molecular flexibility index (Phi) is 3.69. The summed E-state index contributed by atoms with van der Waals surface area (Å²) in [6, 6.07) is 0.531. The smallest absolute Gasteiger partial charge is 0.133 e. The quantitative estimate of drug-likeness (QED) is 0.566. The molecule has 70 valence electrons. The normalized spacial score (nSPS) is 27.3. The van der Waals surface area contributed by atoms with Gasteiger partial charge in [-0.15, -0.1) is 0 Å². The second kappa shape index (κ2) is 4.58. The van der Waals surface area contributed by atoms with Crippen molar-refractivity contribution < 1.29 is 4.79 Å². The van der Waals surface area contributed by atoms with Crippen molar-refractivity contribution >= 4 is 6.29 Å². The van der Waals surface area contributed by atoms with E-state index in [0.29, 0.717) is 12.6 Å². The predicted octanol–water partition coefficient (Wildman–Crippen LogP) is 0.211. The predicted molar refractivity (Wildman–Crippen MR) is 49.2 cm³/mol. The van der Waals surface area contributed by atoms with Crippen molar-refractivity contribution in [2.75, 3.05) is 32.7 Å². The molecule has 0 spiro atoms. The van der Waals surface area contributed by atoms with Crippen molar-refractivity contribution in [1.82, 2.24) is 9.80 Å². The number of likely N-dealkylation sites (N-methyl/N-ethyl adjacent to an activating group) is 1. The second-order valence-corrected chi connectivity index (χ2v) is 3.40. The number of aldehydes is 1. The van der Waals surface area contributed by atoms with Gasteiger partial charge in [0.1, 0.15) is 6.29 Å². The van der Waals surface area contributed by atoms with Crippen molar-refractivity contribution in [1.29, 1.82) is 0 Å². The molecule has 0 aromatic heterocycles. The minimum absolute atomic E-state index is 0.531. The van der Waals surface area contributed by atoms with Crippen molar-refractivity contribution in [2.24, 2.45) is 0 Å². The first-order valence-electron chi connectivity index (χ1n) is 4.68. The Hall–Kier alpha value is -0.410. The van der Waals surface area contributed by atoms with Crippen LogP contribution < -0.4 is 0 Å². The summed E-state index contributed by atoms with van der Waals surface area (Å²) in [4.78, 5) is 15.0. The molecule has 1 aliphatic rings. The number of piperazine rings is 1. The SMILES string of the molecule is CCN1CCN(CC=O)C(C)C1. The molecule has 0 radical (unpaired) electrons. The van der Waals surface area contributed by atoms with E-state index in [2.05, 4.69) is 23.6 Å². The summed E-state index contributed by atoms with van der Waals surface area (Å²) in [6.07, 6.45) is 0.998. The van der Waals surface area contributed by atoms with E-state index in [0.717, 1.165) is 32.5 Å². The average molecular weight is 170 g/mol. The molecule has 0 N–H and O–H groups in total. The molecule has 1 saturated heterocycles. The molecule has 3 heteroatoms. The molecule has 3 nitrogen and oxygen atoms in total. The number of nitrogens with zero attached hydrogens (tertiary/aromatic N) is 2. The summed E-state index contributed by atoms with van der Waals surface area (Å²) in [6.45, 7) is 9.33. The second-order valence-electron chi connectivity index (χ2n) is 3.40. The van der Waals surface area contributed by atoms with E-state index >= 15 is 0 Å². The summed E-state index contributed by atoms with van der Waals surface area (Å²) in [5.74, 6) is 0. The number of rotatable bonds is 3. The van der Waals surface area contributed by atoms with Crippen LogP contribution in [0.15, 0.2) is 0 Å². The lowest BCUT2D eigenvalue weighted by molar-refractivity contribution is -0.109. The highest BCUT2D eigenvalue weighted by Crippen LogP contribution is 2.07. The van der Waals surface area contributed by atoms with E-state index in [1.54, 1.807) is 0 Å². The Morgan fingerprint density at radius 3 is 2.75 bits per heavy atom. The van der Waals surface area contributed by atoms with Gasteiger partial charge in [-0.25, -0.2) is 0 Å². The zero-order chi connectivity index (χ0) is 8.97. The molecule has 0 saturated carbocycles. The maximum atomic E-state index is 10.3. The molecule has 0 aromatic rings. The Balaban J connectivity index is 2.36. The van der Waals surface area contributed by atoms with Gasteiger partial charge in [-0.3, -0.25) is 4.90 Å². The van der Waals surface area contributed by atoms with Gasteiger partial charge in [-0.05, 0) is 13.5 Å². The summed E-state index contributed by atoms with van der Waals surface area (Å²) in [5, 5.41) is 0. The molecule has 1 unspecified atom stereocenters. The molecule has 1 rings (SSSR count). The van der Waals surface area contributed by atoms with Gasteiger partial charge in [-0.2, -0.15) is 0 Å². The van der Waals surface area contributed by atoms with Crippen molar-refractivity contribution in [3.8, 4) is 0 Å². The van der Waals surface area contributed by atoms with Crippen molar-refractivity contribution in [3.05, 3.63) is 0 Å². The molecule has 0 aliphatic carbocycles. The van der Waals surface area contributed by atoms with E-state index in [9.17, 15) is 4.79 Å². The molecule has 1 fully saturated rings. The average Bonchev–Trinajstić information content (AvgIpc) is 2.09. The summed E-state index contributed by atoms with van der Waals surface area (Å²) < 4.78 is 0. The Labute approximate surface area is 74.3 Å². The minimum atomic E-state index is 0.531. The summed E-state index contributed by atoms with van der Waals surface area (Å²) >= 11 is 0. The Morgan fingerprint density at radius 1 is 1.50 bits per heavy atom. The van der Waals surface area contributed by atoms with Gasteiger partial charge in [0, 0.05) is 25.7 Å². The number of carbonyl (C=O) groups excluding carboxylic acids is 1. The van der Waals surface area contributed by atoms with E-state index in [1.165, 1.54) is 0 Å². The van der Waals surface area contributed by atoms with Crippen LogP contribution in [0.3, 0.4) is 0 Å². The fourth-order valence-corrected chi connectivity index (χ4v) is 1.72. The largest absolute Gasteiger partial charge is 0.302 e. The van der Waals surface area contributed by atoms with E-state index in [-0.39, 0.29) is 0 Å². The Morgan fingerprint density at radius 2 is 2.25 bits per heavy atom. The van der Waals surface area contributed by atoms with E-state index in [1.807, 2.05) is 0 Å². The van der Waals surface area contributed by atoms with Crippen LogP contribution in [0.1, 0.15) is 13.8 Å². The molecular weight excluding hydrogens is 152 g/mol. The maximum Gasteiger partial charge on any atom is 0.133 e. The van der Waals surface area contributed by atoms with Crippen LogP contribution in [-0.4, -0.2) is 54.9 Å². The third-order valence-electron chi connectivity index (χ3n) is 2.61. The highest BCUT2D eigenvalue weighted by molar-refractivity contribution is 5.52. The minimum Gasteiger partial charge on any atom is -0.302 e. The van der Waals surface area contributed by atoms with Crippen LogP contribution in [0, 0.1) is 0 Å². The topological polar surface area (TPSA) is 23.6 Å². The van der Waals surface area contributed by atoms with Crippen LogP contribution in [0.5, 0.6) is 0 Å². The number of hydrogen-bond acceptors (Lipinski definition) is 3. The highest BCUT2D eigenvalue weighted by atomic mass is 16.1. The molecule has 0 amide bonds. The molecule has 0 bridgehead atoms. The molecule has 0 aromatic carbocycles. The zero-order valence-electron chi connectivity index (χ0n) is 7.99. The Bertz CT molecular complexity index is 149. The van der Waals surface area contributed by atoms with E-state index < -0.39 is 0 Å². The monoisotopic (exact) mass is 170 g/mol. The van der Waals surface area contributed by atoms with Crippen LogP contribution in [0.4, 0.5) is 0 Å². The van der Waals surface area contributed by atoms with Gasteiger partial charge in [0.2, 0.25) is 0 Å². The molecule has 1 atom stereocenters. The molecule has 1 heterocycles. The van der Waals surface area contributed by atoms with Gasteiger partial charge in [-0.1, -0.05) is 6.92 Å². The third kappa shape index (κ3) is 2.29. The van der Waals surface area contributed by atoms with Gasteiger partial charge < -0.3 is 9.69 Å². The molecule has 1 aliphatic heterocycles. The standard InChI is InChI=1S/C9H18N2O/c1-3-10-4-5-11(6-7-12)9(2)8-10/h7,9H,3-6,8H2,1-2H3. The number of hydrogen-bond donors (Lipinski definition) is 0. The lowest BCUT2D eigenvalue weighted by Crippen LogP contribution is -2.52. The first-order chi connectivity index (χ1) is 5.77. The van der Waals surface area contributed by atoms with Crippen LogP contribution in [-0.2, 0) is 4.79 Å². The zero-order valence-corrected chi connectivity index (χ0v) is 7.99. The summed E-state index contributed by atoms with van der Waals surface area (Å²) in [7, 11) is 0. The third-order valence-corrected chi connectivity index (χ3v) is 2.61. The van der Waals surface area contributed by atoms with Gasteiger partial charge >= 0.3 is 0 Å². The fraction of sp³-hybridized carbons (Fsp3) is 0.889. The maximum absolute atomic E-state index is 10.3. The lowest BCUT2D eigenvalue weighted by Gasteiger charge is -2.38.